The Balaban J connectivity index is 2.23. The zero-order valence-electron chi connectivity index (χ0n) is 13.8. The van der Waals surface area contributed by atoms with Crippen LogP contribution in [0.5, 0.6) is 0 Å². The van der Waals surface area contributed by atoms with Crippen molar-refractivity contribution in [2.75, 3.05) is 0 Å². The summed E-state index contributed by atoms with van der Waals surface area (Å²) >= 11 is 0. The maximum Gasteiger partial charge on any atom is 0.416 e. The molecule has 1 heterocycles. The number of aliphatic hydroxyl groups excluding tert-OH is 1. The van der Waals surface area contributed by atoms with Crippen LogP contribution in [0.4, 0.5) is 13.2 Å². The van der Waals surface area contributed by atoms with E-state index in [4.69, 9.17) is 0 Å². The van der Waals surface area contributed by atoms with E-state index in [0.29, 0.717) is 5.69 Å². The van der Waals surface area contributed by atoms with Gasteiger partial charge in [-0.25, -0.2) is 4.98 Å². The second-order valence-corrected chi connectivity index (χ2v) is 5.75. The average molecular weight is 360 g/mol. The van der Waals surface area contributed by atoms with Crippen molar-refractivity contribution in [3.8, 4) is 5.69 Å². The second kappa shape index (κ2) is 6.76. The third-order valence-corrected chi connectivity index (χ3v) is 3.90. The van der Waals surface area contributed by atoms with Crippen molar-refractivity contribution in [3.63, 3.8) is 0 Å². The number of carbonyl (C=O) groups is 1. The molecule has 3 rings (SSSR count). The van der Waals surface area contributed by atoms with Crippen LogP contribution in [0.3, 0.4) is 0 Å². The Morgan fingerprint density at radius 3 is 2.46 bits per heavy atom. The van der Waals surface area contributed by atoms with E-state index in [1.54, 1.807) is 43.5 Å². The molecule has 134 valence electrons. The van der Waals surface area contributed by atoms with Crippen molar-refractivity contribution in [1.82, 2.24) is 9.55 Å². The van der Waals surface area contributed by atoms with Gasteiger partial charge in [0.25, 0.3) is 0 Å². The number of alkyl halides is 3. The molecule has 0 spiro atoms. The zero-order valence-corrected chi connectivity index (χ0v) is 13.8. The van der Waals surface area contributed by atoms with Crippen molar-refractivity contribution in [2.24, 2.45) is 0 Å². The molecular formula is C19H15F3N2O2. The van der Waals surface area contributed by atoms with Crippen LogP contribution in [0, 0.1) is 6.92 Å². The van der Waals surface area contributed by atoms with Gasteiger partial charge < -0.3 is 9.67 Å². The van der Waals surface area contributed by atoms with Gasteiger partial charge >= 0.3 is 6.18 Å². The van der Waals surface area contributed by atoms with E-state index < -0.39 is 24.1 Å². The lowest BCUT2D eigenvalue weighted by molar-refractivity contribution is -0.137. The Morgan fingerprint density at radius 1 is 1.15 bits per heavy atom. The first-order chi connectivity index (χ1) is 12.3. The van der Waals surface area contributed by atoms with Crippen LogP contribution in [0.25, 0.3) is 5.69 Å². The van der Waals surface area contributed by atoms with Gasteiger partial charge in [0.2, 0.25) is 0 Å². The number of ketones is 1. The number of halogens is 3. The van der Waals surface area contributed by atoms with Gasteiger partial charge in [-0.2, -0.15) is 13.2 Å². The topological polar surface area (TPSA) is 55.1 Å². The number of rotatable bonds is 4. The van der Waals surface area contributed by atoms with Crippen LogP contribution in [0.1, 0.15) is 33.0 Å². The molecular weight excluding hydrogens is 345 g/mol. The van der Waals surface area contributed by atoms with Crippen LogP contribution in [-0.2, 0) is 12.8 Å². The Kier molecular flexibility index (Phi) is 4.65. The van der Waals surface area contributed by atoms with Crippen molar-refractivity contribution >= 4 is 5.78 Å². The molecule has 0 atom stereocenters. The van der Waals surface area contributed by atoms with E-state index in [-0.39, 0.29) is 22.6 Å². The molecule has 1 N–H and O–H groups in total. The Labute approximate surface area is 147 Å². The minimum Gasteiger partial charge on any atom is -0.388 e. The highest BCUT2D eigenvalue weighted by atomic mass is 19.4. The van der Waals surface area contributed by atoms with Crippen LogP contribution >= 0.6 is 0 Å². The summed E-state index contributed by atoms with van der Waals surface area (Å²) in [5.41, 5.74) is 0.0556. The standard InChI is InChI=1S/C19H15F3N2O2/c1-12-10-24(17(11-25)23-12)16-8-7-14(19(20,21)22)9-15(16)18(26)13-5-3-2-4-6-13/h2-10,25H,11H2,1H3. The van der Waals surface area contributed by atoms with E-state index >= 15 is 0 Å². The average Bonchev–Trinajstić information content (AvgIpc) is 3.01. The first-order valence-electron chi connectivity index (χ1n) is 7.78. The molecule has 0 radical (unpaired) electrons. The lowest BCUT2D eigenvalue weighted by Crippen LogP contribution is -2.13. The molecule has 26 heavy (non-hydrogen) atoms. The Bertz CT molecular complexity index is 947. The molecule has 7 heteroatoms. The van der Waals surface area contributed by atoms with Gasteiger partial charge in [0.15, 0.2) is 5.78 Å². The van der Waals surface area contributed by atoms with E-state index in [1.807, 2.05) is 0 Å². The van der Waals surface area contributed by atoms with Gasteiger partial charge in [-0.1, -0.05) is 30.3 Å². The summed E-state index contributed by atoms with van der Waals surface area (Å²) in [5.74, 6) is -0.300. The molecule has 4 nitrogen and oxygen atoms in total. The summed E-state index contributed by atoms with van der Waals surface area (Å²) in [6, 6.07) is 11.0. The van der Waals surface area contributed by atoms with Gasteiger partial charge in [0.1, 0.15) is 12.4 Å². The molecule has 0 fully saturated rings. The first kappa shape index (κ1) is 17.9. The summed E-state index contributed by atoms with van der Waals surface area (Å²) in [4.78, 5) is 17.0. The Morgan fingerprint density at radius 2 is 1.85 bits per heavy atom. The number of hydrogen-bond acceptors (Lipinski definition) is 3. The third-order valence-electron chi connectivity index (χ3n) is 3.90. The number of aliphatic hydroxyl groups is 1. The number of aromatic nitrogens is 2. The quantitative estimate of drug-likeness (QED) is 0.718. The molecule has 3 aromatic rings. The lowest BCUT2D eigenvalue weighted by Gasteiger charge is -2.15. The fourth-order valence-corrected chi connectivity index (χ4v) is 2.72. The number of imidazole rings is 1. The molecule has 1 aromatic heterocycles. The maximum absolute atomic E-state index is 13.1. The SMILES string of the molecule is Cc1cn(-c2ccc(C(F)(F)F)cc2C(=O)c2ccccc2)c(CO)n1. The molecule has 0 aliphatic carbocycles. The molecule has 0 saturated heterocycles. The molecule has 0 amide bonds. The third kappa shape index (κ3) is 3.39. The fourth-order valence-electron chi connectivity index (χ4n) is 2.72. The van der Waals surface area contributed by atoms with E-state index in [1.165, 1.54) is 10.6 Å². The zero-order chi connectivity index (χ0) is 18.9. The van der Waals surface area contributed by atoms with Crippen molar-refractivity contribution < 1.29 is 23.1 Å². The molecule has 0 aliphatic rings. The number of benzene rings is 2. The normalized spacial score (nSPS) is 11.6. The minimum absolute atomic E-state index is 0.113. The Hall–Kier alpha value is -2.93. The van der Waals surface area contributed by atoms with Gasteiger partial charge in [0, 0.05) is 17.3 Å². The van der Waals surface area contributed by atoms with Crippen LogP contribution in [0.15, 0.2) is 54.7 Å². The highest BCUT2D eigenvalue weighted by molar-refractivity contribution is 6.11. The summed E-state index contributed by atoms with van der Waals surface area (Å²) in [6.45, 7) is 1.28. The summed E-state index contributed by atoms with van der Waals surface area (Å²) in [6.07, 6.45) is -3.01. The monoisotopic (exact) mass is 360 g/mol. The highest BCUT2D eigenvalue weighted by Crippen LogP contribution is 2.32. The number of nitrogens with zero attached hydrogens (tertiary/aromatic N) is 2. The van der Waals surface area contributed by atoms with Gasteiger partial charge in [0.05, 0.1) is 16.9 Å². The van der Waals surface area contributed by atoms with Crippen LogP contribution in [0.2, 0.25) is 0 Å². The number of carbonyl (C=O) groups excluding carboxylic acids is 1. The van der Waals surface area contributed by atoms with E-state index in [9.17, 15) is 23.1 Å². The predicted octanol–water partition coefficient (Wildman–Crippen LogP) is 3.92. The van der Waals surface area contributed by atoms with Gasteiger partial charge in [-0.3, -0.25) is 4.79 Å². The van der Waals surface area contributed by atoms with Crippen molar-refractivity contribution in [3.05, 3.63) is 82.9 Å². The molecule has 0 unspecified atom stereocenters. The van der Waals surface area contributed by atoms with Crippen LogP contribution < -0.4 is 0 Å². The predicted molar refractivity (Wildman–Crippen MR) is 89.1 cm³/mol. The second-order valence-electron chi connectivity index (χ2n) is 5.75. The first-order valence-corrected chi connectivity index (χ1v) is 7.78. The summed E-state index contributed by atoms with van der Waals surface area (Å²) in [7, 11) is 0. The van der Waals surface area contributed by atoms with Crippen molar-refractivity contribution in [1.29, 1.82) is 0 Å². The van der Waals surface area contributed by atoms with E-state index in [0.717, 1.165) is 12.1 Å². The van der Waals surface area contributed by atoms with Crippen LogP contribution in [-0.4, -0.2) is 20.4 Å². The fraction of sp³-hybridized carbons (Fsp3) is 0.158. The summed E-state index contributed by atoms with van der Waals surface area (Å²) < 4.78 is 40.9. The van der Waals surface area contributed by atoms with Gasteiger partial charge in [-0.05, 0) is 25.1 Å². The molecule has 0 saturated carbocycles. The number of aryl methyl sites for hydroxylation is 1. The van der Waals surface area contributed by atoms with E-state index in [2.05, 4.69) is 4.98 Å². The van der Waals surface area contributed by atoms with Crippen molar-refractivity contribution in [2.45, 2.75) is 19.7 Å². The molecule has 0 aliphatic heterocycles. The minimum atomic E-state index is -4.57. The largest absolute Gasteiger partial charge is 0.416 e. The maximum atomic E-state index is 13.1. The van der Waals surface area contributed by atoms with Gasteiger partial charge in [-0.15, -0.1) is 0 Å². The summed E-state index contributed by atoms with van der Waals surface area (Å²) in [5, 5.41) is 9.48. The highest BCUT2D eigenvalue weighted by Gasteiger charge is 2.32. The molecule has 2 aromatic carbocycles. The smallest absolute Gasteiger partial charge is 0.388 e. The lowest BCUT2D eigenvalue weighted by atomic mass is 9.99. The molecule has 0 bridgehead atoms. The number of hydrogen-bond donors (Lipinski definition) is 1.